The first-order chi connectivity index (χ1) is 13.6. The molecule has 1 aromatic carbocycles. The number of hydrogen-bond donors (Lipinski definition) is 0. The van der Waals surface area contributed by atoms with Crippen LogP contribution < -0.4 is 0 Å². The Morgan fingerprint density at radius 1 is 1.14 bits per heavy atom. The Labute approximate surface area is 171 Å². The van der Waals surface area contributed by atoms with Crippen molar-refractivity contribution < 1.29 is 9.59 Å². The molecule has 2 fully saturated rings. The number of carbonyl (C=O) groups is 2. The van der Waals surface area contributed by atoms with Gasteiger partial charge in [-0.2, -0.15) is 0 Å². The summed E-state index contributed by atoms with van der Waals surface area (Å²) in [7, 11) is 0. The SMILES string of the molecule is Cc1csc(-c2cccc(C(=O)N3CCCCC[C@H]3[C@@H]3CCCCC3=O)c2)n1. The van der Waals surface area contributed by atoms with E-state index in [4.69, 9.17) is 0 Å². The van der Waals surface area contributed by atoms with E-state index < -0.39 is 0 Å². The fraction of sp³-hybridized carbons (Fsp3) is 0.522. The third kappa shape index (κ3) is 4.04. The maximum absolute atomic E-state index is 13.5. The van der Waals surface area contributed by atoms with Crippen molar-refractivity contribution in [2.45, 2.75) is 64.3 Å². The number of rotatable bonds is 3. The van der Waals surface area contributed by atoms with Crippen LogP contribution in [0.2, 0.25) is 0 Å². The first-order valence-corrected chi connectivity index (χ1v) is 11.4. The van der Waals surface area contributed by atoms with E-state index in [1.54, 1.807) is 11.3 Å². The summed E-state index contributed by atoms with van der Waals surface area (Å²) in [6, 6.07) is 7.88. The minimum atomic E-state index is 0.0283. The lowest BCUT2D eigenvalue weighted by Gasteiger charge is -2.37. The van der Waals surface area contributed by atoms with Crippen LogP contribution in [0.15, 0.2) is 29.6 Å². The molecule has 1 amide bonds. The summed E-state index contributed by atoms with van der Waals surface area (Å²) in [6.07, 6.45) is 7.95. The van der Waals surface area contributed by atoms with E-state index >= 15 is 0 Å². The van der Waals surface area contributed by atoms with Gasteiger partial charge in [0.2, 0.25) is 0 Å². The van der Waals surface area contributed by atoms with E-state index in [0.29, 0.717) is 17.8 Å². The molecule has 0 bridgehead atoms. The van der Waals surface area contributed by atoms with E-state index in [0.717, 1.165) is 67.8 Å². The van der Waals surface area contributed by atoms with Crippen molar-refractivity contribution in [2.75, 3.05) is 6.54 Å². The van der Waals surface area contributed by atoms with Crippen molar-refractivity contribution in [3.05, 3.63) is 40.9 Å². The molecule has 0 unspecified atom stereocenters. The molecule has 2 aromatic rings. The second-order valence-electron chi connectivity index (χ2n) is 8.11. The average Bonchev–Trinajstić information content (AvgIpc) is 3.01. The first-order valence-electron chi connectivity index (χ1n) is 10.5. The van der Waals surface area contributed by atoms with Crippen molar-refractivity contribution >= 4 is 23.0 Å². The number of aromatic nitrogens is 1. The Bertz CT molecular complexity index is 860. The quantitative estimate of drug-likeness (QED) is 0.711. The molecule has 1 aliphatic carbocycles. The van der Waals surface area contributed by atoms with E-state index in [2.05, 4.69) is 4.98 Å². The highest BCUT2D eigenvalue weighted by atomic mass is 32.1. The summed E-state index contributed by atoms with van der Waals surface area (Å²) in [6.45, 7) is 2.74. The molecule has 148 valence electrons. The first kappa shape index (κ1) is 19.3. The normalized spacial score (nSPS) is 23.5. The molecular formula is C23H28N2O2S. The summed E-state index contributed by atoms with van der Waals surface area (Å²) >= 11 is 1.60. The van der Waals surface area contributed by atoms with Crippen LogP contribution in [0.5, 0.6) is 0 Å². The van der Waals surface area contributed by atoms with Crippen LogP contribution in [0, 0.1) is 12.8 Å². The number of carbonyl (C=O) groups excluding carboxylic acids is 2. The van der Waals surface area contributed by atoms with Crippen LogP contribution in [0.4, 0.5) is 0 Å². The second-order valence-corrected chi connectivity index (χ2v) is 8.97. The predicted octanol–water partition coefficient (Wildman–Crippen LogP) is 5.26. The summed E-state index contributed by atoms with van der Waals surface area (Å²) in [4.78, 5) is 32.7. The molecule has 28 heavy (non-hydrogen) atoms. The van der Waals surface area contributed by atoms with Gasteiger partial charge in [0.1, 0.15) is 10.8 Å². The monoisotopic (exact) mass is 396 g/mol. The topological polar surface area (TPSA) is 50.3 Å². The summed E-state index contributed by atoms with van der Waals surface area (Å²) in [5.41, 5.74) is 2.70. The number of thiazole rings is 1. The molecule has 2 atom stereocenters. The fourth-order valence-corrected chi connectivity index (χ4v) is 5.45. The molecule has 5 heteroatoms. The van der Waals surface area contributed by atoms with Gasteiger partial charge in [-0.3, -0.25) is 9.59 Å². The van der Waals surface area contributed by atoms with Crippen LogP contribution >= 0.6 is 11.3 Å². The second kappa shape index (κ2) is 8.56. The zero-order valence-corrected chi connectivity index (χ0v) is 17.3. The van der Waals surface area contributed by atoms with Gasteiger partial charge in [-0.15, -0.1) is 11.3 Å². The zero-order chi connectivity index (χ0) is 19.5. The summed E-state index contributed by atoms with van der Waals surface area (Å²) in [5.74, 6) is 0.462. The van der Waals surface area contributed by atoms with Crippen molar-refractivity contribution in [1.29, 1.82) is 0 Å². The highest BCUT2D eigenvalue weighted by Gasteiger charge is 2.37. The molecule has 1 aliphatic heterocycles. The lowest BCUT2D eigenvalue weighted by Crippen LogP contribution is -2.47. The lowest BCUT2D eigenvalue weighted by atomic mass is 9.80. The minimum Gasteiger partial charge on any atom is -0.335 e. The molecule has 1 saturated carbocycles. The largest absolute Gasteiger partial charge is 0.335 e. The zero-order valence-electron chi connectivity index (χ0n) is 16.5. The molecule has 2 aliphatic rings. The summed E-state index contributed by atoms with van der Waals surface area (Å²) < 4.78 is 0. The molecule has 0 radical (unpaired) electrons. The highest BCUT2D eigenvalue weighted by Crippen LogP contribution is 2.33. The number of ketones is 1. The van der Waals surface area contributed by atoms with E-state index in [1.165, 1.54) is 0 Å². The molecule has 4 rings (SSSR count). The van der Waals surface area contributed by atoms with E-state index in [-0.39, 0.29) is 17.9 Å². The molecule has 0 N–H and O–H groups in total. The third-order valence-electron chi connectivity index (χ3n) is 6.10. The van der Waals surface area contributed by atoms with Crippen LogP contribution in [-0.4, -0.2) is 34.2 Å². The van der Waals surface area contributed by atoms with E-state index in [1.807, 2.05) is 41.5 Å². The Morgan fingerprint density at radius 2 is 2.00 bits per heavy atom. The van der Waals surface area contributed by atoms with Crippen LogP contribution in [0.25, 0.3) is 10.6 Å². The molecule has 1 aromatic heterocycles. The van der Waals surface area contributed by atoms with Gasteiger partial charge in [0.15, 0.2) is 0 Å². The third-order valence-corrected chi connectivity index (χ3v) is 7.11. The molecule has 2 heterocycles. The van der Waals surface area contributed by atoms with Crippen molar-refractivity contribution in [3.8, 4) is 10.6 Å². The Balaban J connectivity index is 1.61. The Hall–Kier alpha value is -2.01. The average molecular weight is 397 g/mol. The predicted molar refractivity (Wildman–Crippen MR) is 113 cm³/mol. The van der Waals surface area contributed by atoms with Gasteiger partial charge < -0.3 is 4.90 Å². The van der Waals surface area contributed by atoms with Crippen LogP contribution in [-0.2, 0) is 4.79 Å². The van der Waals surface area contributed by atoms with Crippen LogP contribution in [0.3, 0.4) is 0 Å². The van der Waals surface area contributed by atoms with Gasteiger partial charge in [-0.05, 0) is 44.7 Å². The van der Waals surface area contributed by atoms with Gasteiger partial charge in [-0.1, -0.05) is 31.4 Å². The van der Waals surface area contributed by atoms with Crippen molar-refractivity contribution in [3.63, 3.8) is 0 Å². The number of aryl methyl sites for hydroxylation is 1. The number of hydrogen-bond acceptors (Lipinski definition) is 4. The fourth-order valence-electron chi connectivity index (χ4n) is 4.66. The maximum atomic E-state index is 13.5. The summed E-state index contributed by atoms with van der Waals surface area (Å²) in [5, 5.41) is 2.98. The van der Waals surface area contributed by atoms with E-state index in [9.17, 15) is 9.59 Å². The van der Waals surface area contributed by atoms with Crippen LogP contribution in [0.1, 0.15) is 67.4 Å². The Morgan fingerprint density at radius 3 is 2.79 bits per heavy atom. The van der Waals surface area contributed by atoms with Gasteiger partial charge in [0.05, 0.1) is 0 Å². The van der Waals surface area contributed by atoms with Gasteiger partial charge >= 0.3 is 0 Å². The number of likely N-dealkylation sites (tertiary alicyclic amines) is 1. The smallest absolute Gasteiger partial charge is 0.254 e. The van der Waals surface area contributed by atoms with Crippen molar-refractivity contribution in [1.82, 2.24) is 9.88 Å². The molecule has 0 spiro atoms. The standard InChI is InChI=1S/C23H28N2O2S/c1-16-15-28-22(24-16)17-8-7-9-18(14-17)23(27)25-13-6-2-3-11-20(25)19-10-4-5-12-21(19)26/h7-9,14-15,19-20H,2-6,10-13H2,1H3/t19-,20-/m0/s1. The molecule has 4 nitrogen and oxygen atoms in total. The van der Waals surface area contributed by atoms with Crippen molar-refractivity contribution in [2.24, 2.45) is 5.92 Å². The number of Topliss-reactive ketones (excluding diaryl/α,β-unsaturated/α-hetero) is 1. The van der Waals surface area contributed by atoms with Gasteiger partial charge in [0, 0.05) is 47.1 Å². The molecule has 1 saturated heterocycles. The highest BCUT2D eigenvalue weighted by molar-refractivity contribution is 7.13. The number of benzene rings is 1. The lowest BCUT2D eigenvalue weighted by molar-refractivity contribution is -0.126. The number of amides is 1. The number of nitrogens with zero attached hydrogens (tertiary/aromatic N) is 2. The maximum Gasteiger partial charge on any atom is 0.254 e. The van der Waals surface area contributed by atoms with Gasteiger partial charge in [-0.25, -0.2) is 4.98 Å². The molecular weight excluding hydrogens is 368 g/mol. The van der Waals surface area contributed by atoms with Gasteiger partial charge in [0.25, 0.3) is 5.91 Å². The minimum absolute atomic E-state index is 0.0283. The Kier molecular flexibility index (Phi) is 5.90.